The third-order valence-corrected chi connectivity index (χ3v) is 5.21. The molecule has 0 radical (unpaired) electrons. The van der Waals surface area contributed by atoms with E-state index in [9.17, 15) is 21.6 Å². The fraction of sp³-hybridized carbons (Fsp3) is 0.600. The average molecular weight is 348 g/mol. The molecule has 128 valence electrons. The van der Waals surface area contributed by atoms with E-state index in [2.05, 4.69) is 4.72 Å². The molecule has 3 rings (SSSR count). The normalized spacial score (nSPS) is 20.9. The highest BCUT2D eigenvalue weighted by atomic mass is 32.2. The second-order valence-corrected chi connectivity index (χ2v) is 8.30. The van der Waals surface area contributed by atoms with Crippen LogP contribution in [0.1, 0.15) is 24.0 Å². The van der Waals surface area contributed by atoms with E-state index >= 15 is 0 Å². The van der Waals surface area contributed by atoms with Gasteiger partial charge in [0, 0.05) is 19.6 Å². The van der Waals surface area contributed by atoms with Crippen molar-refractivity contribution in [2.45, 2.75) is 32.0 Å². The zero-order valence-corrected chi connectivity index (χ0v) is 13.6. The first-order chi connectivity index (χ1) is 10.6. The zero-order valence-electron chi connectivity index (χ0n) is 12.8. The quantitative estimate of drug-likeness (QED) is 0.910. The maximum atomic E-state index is 13.1. The molecule has 1 aliphatic heterocycles. The Balaban J connectivity index is 1.76. The van der Waals surface area contributed by atoms with Gasteiger partial charge in [0.15, 0.2) is 0 Å². The van der Waals surface area contributed by atoms with Crippen molar-refractivity contribution < 1.29 is 21.6 Å². The molecule has 1 aromatic rings. The number of nitrogens with zero attached hydrogens (tertiary/aromatic N) is 1. The molecule has 0 amide bonds. The number of rotatable bonds is 4. The van der Waals surface area contributed by atoms with Crippen molar-refractivity contribution in [2.75, 3.05) is 24.1 Å². The summed E-state index contributed by atoms with van der Waals surface area (Å²) < 4.78 is 64.6. The molecule has 8 heteroatoms. The van der Waals surface area contributed by atoms with E-state index in [0.29, 0.717) is 25.2 Å². The second kappa shape index (κ2) is 5.37. The highest BCUT2D eigenvalue weighted by Gasteiger charge is 2.63. The summed E-state index contributed by atoms with van der Waals surface area (Å²) in [6.45, 7) is 0.958. The van der Waals surface area contributed by atoms with E-state index in [-0.39, 0.29) is 19.4 Å². The van der Waals surface area contributed by atoms with Crippen LogP contribution in [0.4, 0.5) is 18.9 Å². The molecule has 1 saturated carbocycles. The zero-order chi connectivity index (χ0) is 16.9. The third-order valence-electron chi connectivity index (χ3n) is 4.62. The van der Waals surface area contributed by atoms with Crippen molar-refractivity contribution in [3.05, 3.63) is 29.3 Å². The lowest BCUT2D eigenvalue weighted by Crippen LogP contribution is -2.41. The number of anilines is 1. The molecule has 0 bridgehead atoms. The van der Waals surface area contributed by atoms with Gasteiger partial charge >= 0.3 is 6.18 Å². The Morgan fingerprint density at radius 2 is 2.00 bits per heavy atom. The number of fused-ring (bicyclic) bond motifs is 1. The molecule has 1 aromatic carbocycles. The van der Waals surface area contributed by atoms with Crippen LogP contribution in [0.15, 0.2) is 18.2 Å². The van der Waals surface area contributed by atoms with Gasteiger partial charge in [0.25, 0.3) is 0 Å². The number of hydrogen-bond acceptors (Lipinski definition) is 3. The number of alkyl halides is 3. The summed E-state index contributed by atoms with van der Waals surface area (Å²) in [6.07, 6.45) is -2.11. The Bertz CT molecular complexity index is 712. The lowest BCUT2D eigenvalue weighted by molar-refractivity contribution is -0.192. The Morgan fingerprint density at radius 1 is 1.30 bits per heavy atom. The number of benzene rings is 1. The van der Waals surface area contributed by atoms with Crippen molar-refractivity contribution in [1.29, 1.82) is 0 Å². The number of nitrogens with one attached hydrogen (secondary N) is 1. The van der Waals surface area contributed by atoms with Crippen molar-refractivity contribution in [1.82, 2.24) is 4.90 Å². The van der Waals surface area contributed by atoms with Crippen LogP contribution in [-0.4, -0.2) is 38.8 Å². The Labute approximate surface area is 133 Å². The molecule has 1 N–H and O–H groups in total. The van der Waals surface area contributed by atoms with Crippen molar-refractivity contribution in [3.8, 4) is 0 Å². The van der Waals surface area contributed by atoms with Gasteiger partial charge in [-0.25, -0.2) is 8.42 Å². The van der Waals surface area contributed by atoms with Crippen LogP contribution in [0.2, 0.25) is 0 Å². The summed E-state index contributed by atoms with van der Waals surface area (Å²) in [6, 6.07) is 5.27. The van der Waals surface area contributed by atoms with Gasteiger partial charge in [-0.05, 0) is 36.5 Å². The van der Waals surface area contributed by atoms with Crippen molar-refractivity contribution in [2.24, 2.45) is 5.41 Å². The van der Waals surface area contributed by atoms with Gasteiger partial charge in [0.05, 0.1) is 17.4 Å². The topological polar surface area (TPSA) is 49.4 Å². The van der Waals surface area contributed by atoms with Gasteiger partial charge < -0.3 is 0 Å². The van der Waals surface area contributed by atoms with Crippen LogP contribution >= 0.6 is 0 Å². The second-order valence-electron chi connectivity index (χ2n) is 6.56. The minimum absolute atomic E-state index is 0.0275. The van der Waals surface area contributed by atoms with Gasteiger partial charge in [-0.1, -0.05) is 12.1 Å². The van der Waals surface area contributed by atoms with E-state index in [1.54, 1.807) is 12.1 Å². The van der Waals surface area contributed by atoms with Crippen LogP contribution in [0.25, 0.3) is 0 Å². The molecule has 0 unspecified atom stereocenters. The fourth-order valence-corrected chi connectivity index (χ4v) is 3.80. The molecule has 1 heterocycles. The van der Waals surface area contributed by atoms with Gasteiger partial charge in [-0.3, -0.25) is 9.62 Å². The monoisotopic (exact) mass is 348 g/mol. The largest absolute Gasteiger partial charge is 0.395 e. The molecule has 1 aliphatic carbocycles. The smallest absolute Gasteiger partial charge is 0.298 e. The highest BCUT2D eigenvalue weighted by molar-refractivity contribution is 7.92. The Morgan fingerprint density at radius 3 is 2.57 bits per heavy atom. The first kappa shape index (κ1) is 16.6. The fourth-order valence-electron chi connectivity index (χ4n) is 3.21. The van der Waals surface area contributed by atoms with Crippen LogP contribution in [0.5, 0.6) is 0 Å². The standard InChI is InChI=1S/C15H19F3N2O2S/c1-23(21,22)19-13-4-2-3-11-9-20(8-5-12(11)13)10-14(6-7-14)15(16,17)18/h2-4,19H,5-10H2,1H3. The lowest BCUT2D eigenvalue weighted by Gasteiger charge is -2.33. The summed E-state index contributed by atoms with van der Waals surface area (Å²) in [7, 11) is -3.37. The highest BCUT2D eigenvalue weighted by Crippen LogP contribution is 2.58. The first-order valence-electron chi connectivity index (χ1n) is 7.47. The molecule has 1 fully saturated rings. The molecule has 0 spiro atoms. The molecule has 2 aliphatic rings. The van der Waals surface area contributed by atoms with Crippen LogP contribution in [-0.2, 0) is 23.0 Å². The van der Waals surface area contributed by atoms with E-state index < -0.39 is 21.6 Å². The van der Waals surface area contributed by atoms with Gasteiger partial charge in [-0.15, -0.1) is 0 Å². The maximum absolute atomic E-state index is 13.1. The van der Waals surface area contributed by atoms with Crippen molar-refractivity contribution >= 4 is 15.7 Å². The van der Waals surface area contributed by atoms with Crippen molar-refractivity contribution in [3.63, 3.8) is 0 Å². The Hall–Kier alpha value is -1.28. The maximum Gasteiger partial charge on any atom is 0.395 e. The number of hydrogen-bond donors (Lipinski definition) is 1. The van der Waals surface area contributed by atoms with Crippen LogP contribution in [0.3, 0.4) is 0 Å². The predicted octanol–water partition coefficient (Wildman–Crippen LogP) is 2.76. The summed E-state index contributed by atoms with van der Waals surface area (Å²) >= 11 is 0. The molecule has 0 aromatic heterocycles. The number of sulfonamides is 1. The summed E-state index contributed by atoms with van der Waals surface area (Å²) in [5.74, 6) is 0. The third kappa shape index (κ3) is 3.47. The number of halogens is 3. The van der Waals surface area contributed by atoms with Gasteiger partial charge in [-0.2, -0.15) is 13.2 Å². The van der Waals surface area contributed by atoms with Crippen LogP contribution < -0.4 is 4.72 Å². The minimum Gasteiger partial charge on any atom is -0.298 e. The van der Waals surface area contributed by atoms with E-state index in [1.165, 1.54) is 0 Å². The Kier molecular flexibility index (Phi) is 3.87. The summed E-state index contributed by atoms with van der Waals surface area (Å²) in [4.78, 5) is 1.83. The first-order valence-corrected chi connectivity index (χ1v) is 9.36. The lowest BCUT2D eigenvalue weighted by atomic mass is 9.96. The molecule has 0 atom stereocenters. The SMILES string of the molecule is CS(=O)(=O)Nc1cccc2c1CCN(CC1(C(F)(F)F)CC1)C2. The van der Waals surface area contributed by atoms with E-state index in [1.807, 2.05) is 11.0 Å². The molecular weight excluding hydrogens is 329 g/mol. The molecular formula is C15H19F3N2O2S. The van der Waals surface area contributed by atoms with Gasteiger partial charge in [0.2, 0.25) is 10.0 Å². The molecule has 4 nitrogen and oxygen atoms in total. The summed E-state index contributed by atoms with van der Waals surface area (Å²) in [5.41, 5.74) is 0.767. The predicted molar refractivity (Wildman–Crippen MR) is 81.6 cm³/mol. The van der Waals surface area contributed by atoms with Crippen LogP contribution in [0, 0.1) is 5.41 Å². The van der Waals surface area contributed by atoms with Gasteiger partial charge in [0.1, 0.15) is 0 Å². The average Bonchev–Trinajstić information content (AvgIpc) is 3.17. The molecule has 23 heavy (non-hydrogen) atoms. The minimum atomic E-state index is -4.15. The summed E-state index contributed by atoms with van der Waals surface area (Å²) in [5, 5.41) is 0. The molecule has 0 saturated heterocycles. The van der Waals surface area contributed by atoms with E-state index in [4.69, 9.17) is 0 Å². The van der Waals surface area contributed by atoms with E-state index in [0.717, 1.165) is 17.4 Å².